The van der Waals surface area contributed by atoms with E-state index < -0.39 is 0 Å². The molecule has 0 radical (unpaired) electrons. The maximum atomic E-state index is 8.55. The summed E-state index contributed by atoms with van der Waals surface area (Å²) in [6.45, 7) is 0.0550. The van der Waals surface area contributed by atoms with Crippen LogP contribution in [0, 0.1) is 0 Å². The maximum absolute atomic E-state index is 8.55. The van der Waals surface area contributed by atoms with E-state index in [9.17, 15) is 0 Å². The fourth-order valence-corrected chi connectivity index (χ4v) is 0.961. The summed E-state index contributed by atoms with van der Waals surface area (Å²) in [7, 11) is 0. The summed E-state index contributed by atoms with van der Waals surface area (Å²) in [5, 5.41) is 8.88. The van der Waals surface area contributed by atoms with E-state index in [0.717, 1.165) is 0 Å². The van der Waals surface area contributed by atoms with E-state index in [4.69, 9.17) is 26.9 Å². The van der Waals surface area contributed by atoms with Crippen LogP contribution in [0.2, 0.25) is 5.22 Å². The molecule has 0 aliphatic heterocycles. The minimum Gasteiger partial charge on any atom is -0.448 e. The molecule has 0 amide bonds. The molecule has 1 unspecified atom stereocenters. The molecular weight excluding hydrogens is 166 g/mol. The Bertz CT molecular complexity index is 224. The van der Waals surface area contributed by atoms with Crippen LogP contribution in [0.5, 0.6) is 0 Å². The number of furan rings is 1. The normalized spacial score (nSPS) is 13.4. The fourth-order valence-electron chi connectivity index (χ4n) is 0.809. The van der Waals surface area contributed by atoms with Gasteiger partial charge in [-0.25, -0.2) is 0 Å². The summed E-state index contributed by atoms with van der Waals surface area (Å²) in [6.07, 6.45) is 0.490. The first-order valence-corrected chi connectivity index (χ1v) is 3.73. The van der Waals surface area contributed by atoms with E-state index in [2.05, 4.69) is 0 Å². The van der Waals surface area contributed by atoms with E-state index in [-0.39, 0.29) is 12.6 Å². The molecule has 11 heavy (non-hydrogen) atoms. The van der Waals surface area contributed by atoms with Crippen molar-refractivity contribution < 1.29 is 9.52 Å². The van der Waals surface area contributed by atoms with Crippen molar-refractivity contribution in [2.75, 3.05) is 6.61 Å². The van der Waals surface area contributed by atoms with Crippen LogP contribution >= 0.6 is 11.6 Å². The molecule has 3 N–H and O–H groups in total. The van der Waals surface area contributed by atoms with E-state index in [1.165, 1.54) is 0 Å². The second kappa shape index (κ2) is 3.76. The SMILES string of the molecule is NC(CCO)c1ccc(Cl)o1. The Balaban J connectivity index is 2.60. The standard InChI is InChI=1S/C7H10ClNO2/c8-7-2-1-6(11-7)5(9)3-4-10/h1-2,5,10H,3-4,9H2. The average molecular weight is 176 g/mol. The highest BCUT2D eigenvalue weighted by Gasteiger charge is 2.08. The zero-order chi connectivity index (χ0) is 8.27. The zero-order valence-electron chi connectivity index (χ0n) is 5.96. The molecule has 3 nitrogen and oxygen atoms in total. The highest BCUT2D eigenvalue weighted by Crippen LogP contribution is 2.19. The largest absolute Gasteiger partial charge is 0.448 e. The van der Waals surface area contributed by atoms with Crippen molar-refractivity contribution in [3.05, 3.63) is 23.1 Å². The van der Waals surface area contributed by atoms with Crippen molar-refractivity contribution in [1.29, 1.82) is 0 Å². The minimum absolute atomic E-state index is 0.0550. The lowest BCUT2D eigenvalue weighted by Crippen LogP contribution is -2.10. The molecule has 1 rings (SSSR count). The lowest BCUT2D eigenvalue weighted by molar-refractivity contribution is 0.269. The molecule has 0 saturated carbocycles. The van der Waals surface area contributed by atoms with Crippen molar-refractivity contribution in [2.24, 2.45) is 5.73 Å². The van der Waals surface area contributed by atoms with Crippen LogP contribution in [-0.2, 0) is 0 Å². The average Bonchev–Trinajstić information content (AvgIpc) is 2.36. The molecule has 1 atom stereocenters. The Morgan fingerprint density at radius 2 is 2.36 bits per heavy atom. The van der Waals surface area contributed by atoms with Gasteiger partial charge in [0, 0.05) is 6.61 Å². The van der Waals surface area contributed by atoms with E-state index in [1.807, 2.05) is 0 Å². The van der Waals surface area contributed by atoms with Gasteiger partial charge in [0.25, 0.3) is 0 Å². The van der Waals surface area contributed by atoms with Gasteiger partial charge in [0.15, 0.2) is 5.22 Å². The van der Waals surface area contributed by atoms with Gasteiger partial charge in [-0.1, -0.05) is 0 Å². The van der Waals surface area contributed by atoms with E-state index >= 15 is 0 Å². The highest BCUT2D eigenvalue weighted by molar-refractivity contribution is 6.28. The fraction of sp³-hybridized carbons (Fsp3) is 0.429. The van der Waals surface area contributed by atoms with Gasteiger partial charge in [-0.15, -0.1) is 0 Å². The number of aliphatic hydroxyl groups excluding tert-OH is 1. The van der Waals surface area contributed by atoms with Crippen LogP contribution in [0.4, 0.5) is 0 Å². The number of rotatable bonds is 3. The van der Waals surface area contributed by atoms with Crippen LogP contribution in [-0.4, -0.2) is 11.7 Å². The molecule has 1 aromatic rings. The van der Waals surface area contributed by atoms with Crippen LogP contribution in [0.25, 0.3) is 0 Å². The summed E-state index contributed by atoms with van der Waals surface area (Å²) >= 11 is 5.52. The monoisotopic (exact) mass is 175 g/mol. The highest BCUT2D eigenvalue weighted by atomic mass is 35.5. The molecule has 62 valence electrons. The Hall–Kier alpha value is -0.510. The Kier molecular flexibility index (Phi) is 2.93. The number of aliphatic hydroxyl groups is 1. The Morgan fingerprint density at radius 1 is 1.64 bits per heavy atom. The Morgan fingerprint density at radius 3 is 2.82 bits per heavy atom. The predicted octanol–water partition coefficient (Wildman–Crippen LogP) is 1.32. The van der Waals surface area contributed by atoms with Crippen molar-refractivity contribution in [3.8, 4) is 0 Å². The second-order valence-corrected chi connectivity index (χ2v) is 2.63. The van der Waals surface area contributed by atoms with Gasteiger partial charge in [-0.3, -0.25) is 0 Å². The summed E-state index contributed by atoms with van der Waals surface area (Å²) in [6, 6.07) is 3.09. The smallest absolute Gasteiger partial charge is 0.193 e. The summed E-state index contributed by atoms with van der Waals surface area (Å²) in [4.78, 5) is 0. The first-order chi connectivity index (χ1) is 5.24. The Labute approximate surface area is 69.8 Å². The van der Waals surface area contributed by atoms with E-state index in [0.29, 0.717) is 17.4 Å². The first-order valence-electron chi connectivity index (χ1n) is 3.35. The second-order valence-electron chi connectivity index (χ2n) is 2.26. The molecule has 0 saturated heterocycles. The van der Waals surface area contributed by atoms with Crippen LogP contribution in [0.3, 0.4) is 0 Å². The van der Waals surface area contributed by atoms with Gasteiger partial charge >= 0.3 is 0 Å². The van der Waals surface area contributed by atoms with Crippen molar-refractivity contribution >= 4 is 11.6 Å². The zero-order valence-corrected chi connectivity index (χ0v) is 6.71. The van der Waals surface area contributed by atoms with Crippen molar-refractivity contribution in [2.45, 2.75) is 12.5 Å². The van der Waals surface area contributed by atoms with Gasteiger partial charge in [-0.05, 0) is 30.2 Å². The third kappa shape index (κ3) is 2.22. The molecule has 0 aliphatic carbocycles. The summed E-state index contributed by atoms with van der Waals surface area (Å²) in [5.41, 5.74) is 5.61. The molecular formula is C7H10ClNO2. The summed E-state index contributed by atoms with van der Waals surface area (Å²) in [5.74, 6) is 0.615. The third-order valence-corrected chi connectivity index (χ3v) is 1.60. The first kappa shape index (κ1) is 8.59. The molecule has 1 aromatic heterocycles. The lowest BCUT2D eigenvalue weighted by Gasteiger charge is -2.04. The molecule has 1 heterocycles. The van der Waals surface area contributed by atoms with Crippen molar-refractivity contribution in [3.63, 3.8) is 0 Å². The van der Waals surface area contributed by atoms with Crippen LogP contribution in [0.1, 0.15) is 18.2 Å². The topological polar surface area (TPSA) is 59.4 Å². The van der Waals surface area contributed by atoms with Crippen molar-refractivity contribution in [1.82, 2.24) is 0 Å². The molecule has 0 aromatic carbocycles. The van der Waals surface area contributed by atoms with Gasteiger partial charge in [0.1, 0.15) is 5.76 Å². The van der Waals surface area contributed by atoms with Crippen LogP contribution < -0.4 is 5.73 Å². The molecule has 4 heteroatoms. The lowest BCUT2D eigenvalue weighted by atomic mass is 10.2. The molecule has 0 fully saturated rings. The number of halogens is 1. The van der Waals surface area contributed by atoms with Gasteiger partial charge in [0.05, 0.1) is 6.04 Å². The number of hydrogen-bond acceptors (Lipinski definition) is 3. The molecule has 0 aliphatic rings. The predicted molar refractivity (Wildman–Crippen MR) is 42.3 cm³/mol. The minimum atomic E-state index is -0.257. The molecule has 0 spiro atoms. The quantitative estimate of drug-likeness (QED) is 0.729. The number of nitrogens with two attached hydrogens (primary N) is 1. The van der Waals surface area contributed by atoms with E-state index in [1.54, 1.807) is 12.1 Å². The maximum Gasteiger partial charge on any atom is 0.193 e. The third-order valence-electron chi connectivity index (χ3n) is 1.40. The van der Waals surface area contributed by atoms with Gasteiger partial charge in [0.2, 0.25) is 0 Å². The van der Waals surface area contributed by atoms with Gasteiger partial charge in [-0.2, -0.15) is 0 Å². The molecule has 0 bridgehead atoms. The van der Waals surface area contributed by atoms with Crippen LogP contribution in [0.15, 0.2) is 16.5 Å². The number of hydrogen-bond donors (Lipinski definition) is 2. The summed E-state index contributed by atoms with van der Waals surface area (Å²) < 4.78 is 5.03. The van der Waals surface area contributed by atoms with Gasteiger partial charge < -0.3 is 15.3 Å².